The van der Waals surface area contributed by atoms with Crippen molar-refractivity contribution < 1.29 is 4.79 Å². The molecule has 0 spiro atoms. The van der Waals surface area contributed by atoms with Crippen LogP contribution in [0.15, 0.2) is 67.1 Å². The van der Waals surface area contributed by atoms with E-state index in [9.17, 15) is 4.79 Å². The lowest BCUT2D eigenvalue weighted by atomic mass is 10.0. The van der Waals surface area contributed by atoms with E-state index >= 15 is 0 Å². The lowest BCUT2D eigenvalue weighted by Gasteiger charge is -2.22. The van der Waals surface area contributed by atoms with Crippen LogP contribution in [0.1, 0.15) is 11.1 Å². The predicted octanol–water partition coefficient (Wildman–Crippen LogP) is 2.60. The molecule has 0 fully saturated rings. The highest BCUT2D eigenvalue weighted by Crippen LogP contribution is 2.32. The smallest absolute Gasteiger partial charge is 0.244 e. The van der Waals surface area contributed by atoms with E-state index in [1.165, 1.54) is 0 Å². The van der Waals surface area contributed by atoms with Crippen LogP contribution < -0.4 is 10.6 Å². The summed E-state index contributed by atoms with van der Waals surface area (Å²) in [5.41, 5.74) is 11.3. The number of nitrogens with zero attached hydrogens (tertiary/aromatic N) is 3. The molecule has 1 aliphatic rings. The van der Waals surface area contributed by atoms with Gasteiger partial charge in [0.1, 0.15) is 6.33 Å². The Labute approximate surface area is 152 Å². The van der Waals surface area contributed by atoms with Crippen LogP contribution in [0.3, 0.4) is 0 Å². The van der Waals surface area contributed by atoms with Crippen LogP contribution in [0.25, 0.3) is 11.3 Å². The van der Waals surface area contributed by atoms with Crippen LogP contribution in [-0.4, -0.2) is 28.5 Å². The largest absolute Gasteiger partial charge is 0.320 e. The number of hydrogen-bond acceptors (Lipinski definition) is 4. The van der Waals surface area contributed by atoms with Gasteiger partial charge in [0.05, 0.1) is 11.7 Å². The van der Waals surface area contributed by atoms with Gasteiger partial charge in [0.25, 0.3) is 0 Å². The molecule has 0 saturated carbocycles. The molecule has 2 heterocycles. The van der Waals surface area contributed by atoms with Crippen LogP contribution >= 0.6 is 0 Å². The molecular formula is C21H20N4O. The zero-order valence-electron chi connectivity index (χ0n) is 14.4. The van der Waals surface area contributed by atoms with Crippen molar-refractivity contribution in [3.8, 4) is 11.3 Å². The Bertz CT molecular complexity index is 912. The predicted molar refractivity (Wildman–Crippen MR) is 102 cm³/mol. The monoisotopic (exact) mass is 344 g/mol. The van der Waals surface area contributed by atoms with E-state index in [1.807, 2.05) is 53.4 Å². The first kappa shape index (κ1) is 16.4. The van der Waals surface area contributed by atoms with E-state index in [-0.39, 0.29) is 5.91 Å². The van der Waals surface area contributed by atoms with Crippen LogP contribution in [0.2, 0.25) is 0 Å². The number of hydrogen-bond donors (Lipinski definition) is 1. The fourth-order valence-electron chi connectivity index (χ4n) is 3.41. The second-order valence-corrected chi connectivity index (χ2v) is 6.47. The second-order valence-electron chi connectivity index (χ2n) is 6.47. The number of rotatable bonds is 4. The molecule has 1 aliphatic heterocycles. The number of anilines is 1. The summed E-state index contributed by atoms with van der Waals surface area (Å²) < 4.78 is 0. The molecular weight excluding hydrogens is 324 g/mol. The third kappa shape index (κ3) is 3.21. The minimum atomic E-state index is -0.537. The molecule has 3 aromatic rings. The molecule has 1 aromatic heterocycles. The first-order valence-corrected chi connectivity index (χ1v) is 8.72. The van der Waals surface area contributed by atoms with Crippen LogP contribution in [0.4, 0.5) is 5.69 Å². The summed E-state index contributed by atoms with van der Waals surface area (Å²) in [7, 11) is 0. The normalized spacial score (nSPS) is 14.1. The van der Waals surface area contributed by atoms with E-state index in [1.54, 1.807) is 12.5 Å². The minimum absolute atomic E-state index is 0.0256. The molecule has 2 aromatic carbocycles. The molecule has 2 N–H and O–H groups in total. The second kappa shape index (κ2) is 7.06. The maximum absolute atomic E-state index is 12.8. The van der Waals surface area contributed by atoms with Gasteiger partial charge in [0.2, 0.25) is 5.91 Å². The highest BCUT2D eigenvalue weighted by molar-refractivity contribution is 5.99. The zero-order chi connectivity index (χ0) is 17.9. The van der Waals surface area contributed by atoms with Gasteiger partial charge >= 0.3 is 0 Å². The van der Waals surface area contributed by atoms with Crippen molar-refractivity contribution in [2.24, 2.45) is 5.73 Å². The van der Waals surface area contributed by atoms with Crippen LogP contribution in [0.5, 0.6) is 0 Å². The summed E-state index contributed by atoms with van der Waals surface area (Å²) in [6.45, 7) is 0.671. The van der Waals surface area contributed by atoms with E-state index in [4.69, 9.17) is 5.73 Å². The molecule has 5 nitrogen and oxygen atoms in total. The number of amides is 1. The van der Waals surface area contributed by atoms with Gasteiger partial charge in [-0.1, -0.05) is 36.4 Å². The van der Waals surface area contributed by atoms with Crippen molar-refractivity contribution >= 4 is 11.6 Å². The fraction of sp³-hybridized carbons (Fsp3) is 0.190. The molecule has 0 bridgehead atoms. The molecule has 0 radical (unpaired) electrons. The third-order valence-corrected chi connectivity index (χ3v) is 4.73. The Balaban J connectivity index is 1.53. The molecule has 0 aliphatic carbocycles. The van der Waals surface area contributed by atoms with Gasteiger partial charge < -0.3 is 10.6 Å². The summed E-state index contributed by atoms with van der Waals surface area (Å²) >= 11 is 0. The summed E-state index contributed by atoms with van der Waals surface area (Å²) in [6, 6.07) is 17.3. The standard InChI is InChI=1S/C21H20N4O/c22-18(12-15-4-2-1-3-5-15)21(26)25-11-9-17-13-16(6-7-20(17)25)19-8-10-23-14-24-19/h1-8,10,13-14,18H,9,11-12,22H2/t18-/m0/s1. The topological polar surface area (TPSA) is 72.1 Å². The van der Waals surface area contributed by atoms with Gasteiger partial charge in [-0.2, -0.15) is 0 Å². The average molecular weight is 344 g/mol. The van der Waals surface area contributed by atoms with Crippen molar-refractivity contribution in [2.75, 3.05) is 11.4 Å². The third-order valence-electron chi connectivity index (χ3n) is 4.73. The number of aromatic nitrogens is 2. The molecule has 1 atom stereocenters. The quantitative estimate of drug-likeness (QED) is 0.790. The van der Waals surface area contributed by atoms with Crippen molar-refractivity contribution in [1.29, 1.82) is 0 Å². The summed E-state index contributed by atoms with van der Waals surface area (Å²) in [5.74, 6) is -0.0256. The van der Waals surface area contributed by atoms with E-state index in [0.717, 1.165) is 34.5 Å². The van der Waals surface area contributed by atoms with E-state index < -0.39 is 6.04 Å². The molecule has 4 rings (SSSR count). The van der Waals surface area contributed by atoms with Crippen LogP contribution in [-0.2, 0) is 17.6 Å². The lowest BCUT2D eigenvalue weighted by molar-refractivity contribution is -0.119. The maximum atomic E-state index is 12.8. The molecule has 130 valence electrons. The molecule has 0 unspecified atom stereocenters. The summed E-state index contributed by atoms with van der Waals surface area (Å²) in [4.78, 5) is 22.9. The SMILES string of the molecule is N[C@@H](Cc1ccccc1)C(=O)N1CCc2cc(-c3ccncn3)ccc21. The fourth-order valence-corrected chi connectivity index (χ4v) is 3.41. The van der Waals surface area contributed by atoms with Crippen molar-refractivity contribution in [3.63, 3.8) is 0 Å². The summed E-state index contributed by atoms with van der Waals surface area (Å²) in [5, 5.41) is 0. The molecule has 0 saturated heterocycles. The Hall–Kier alpha value is -3.05. The van der Waals surface area contributed by atoms with Crippen LogP contribution in [0, 0.1) is 0 Å². The highest BCUT2D eigenvalue weighted by Gasteiger charge is 2.28. The molecule has 5 heteroatoms. The number of fused-ring (bicyclic) bond motifs is 1. The van der Waals surface area contributed by atoms with Gasteiger partial charge in [0.15, 0.2) is 0 Å². The lowest BCUT2D eigenvalue weighted by Crippen LogP contribution is -2.44. The van der Waals surface area contributed by atoms with E-state index in [0.29, 0.717) is 13.0 Å². The maximum Gasteiger partial charge on any atom is 0.244 e. The van der Waals surface area contributed by atoms with Crippen molar-refractivity contribution in [1.82, 2.24) is 9.97 Å². The van der Waals surface area contributed by atoms with E-state index in [2.05, 4.69) is 16.0 Å². The molecule has 26 heavy (non-hydrogen) atoms. The average Bonchev–Trinajstić information content (AvgIpc) is 3.12. The van der Waals surface area contributed by atoms with Crippen molar-refractivity contribution in [3.05, 3.63) is 78.2 Å². The Morgan fingerprint density at radius 1 is 1.15 bits per heavy atom. The number of carbonyl (C=O) groups excluding carboxylic acids is 1. The highest BCUT2D eigenvalue weighted by atomic mass is 16.2. The van der Waals surface area contributed by atoms with Gasteiger partial charge in [0, 0.05) is 24.0 Å². The number of carbonyl (C=O) groups is 1. The van der Waals surface area contributed by atoms with Crippen molar-refractivity contribution in [2.45, 2.75) is 18.9 Å². The molecule has 1 amide bonds. The Morgan fingerprint density at radius 2 is 2.00 bits per heavy atom. The Kier molecular flexibility index (Phi) is 4.46. The Morgan fingerprint density at radius 3 is 2.77 bits per heavy atom. The minimum Gasteiger partial charge on any atom is -0.320 e. The van der Waals surface area contributed by atoms with Gasteiger partial charge in [-0.15, -0.1) is 0 Å². The first-order chi connectivity index (χ1) is 12.7. The number of benzene rings is 2. The van der Waals surface area contributed by atoms with Gasteiger partial charge in [-0.3, -0.25) is 4.79 Å². The number of nitrogens with two attached hydrogens (primary N) is 1. The van der Waals surface area contributed by atoms with Gasteiger partial charge in [-0.25, -0.2) is 9.97 Å². The first-order valence-electron chi connectivity index (χ1n) is 8.72. The van der Waals surface area contributed by atoms with Gasteiger partial charge in [-0.05, 0) is 42.2 Å². The zero-order valence-corrected chi connectivity index (χ0v) is 14.4. The summed E-state index contributed by atoms with van der Waals surface area (Å²) in [6.07, 6.45) is 4.65.